The predicted octanol–water partition coefficient (Wildman–Crippen LogP) is 2.14. The summed E-state index contributed by atoms with van der Waals surface area (Å²) in [6, 6.07) is 4.12. The zero-order valence-electron chi connectivity index (χ0n) is 8.76. The zero-order chi connectivity index (χ0) is 10.7. The lowest BCUT2D eigenvalue weighted by molar-refractivity contribution is 0.408. The molecule has 2 nitrogen and oxygen atoms in total. The molecule has 0 amide bonds. The summed E-state index contributed by atoms with van der Waals surface area (Å²) in [5.41, 5.74) is 8.89. The third kappa shape index (κ3) is 2.45. The summed E-state index contributed by atoms with van der Waals surface area (Å²) in [7, 11) is 1.68. The second kappa shape index (κ2) is 4.42. The lowest BCUT2D eigenvalue weighted by Gasteiger charge is -2.10. The molecule has 0 saturated heterocycles. The molecular weight excluding hydrogens is 194 g/mol. The molecule has 0 aliphatic rings. The van der Waals surface area contributed by atoms with E-state index in [4.69, 9.17) is 22.7 Å². The zero-order valence-corrected chi connectivity index (χ0v) is 9.57. The lowest BCUT2D eigenvalue weighted by atomic mass is 10.0. The summed E-state index contributed by atoms with van der Waals surface area (Å²) in [4.78, 5) is 0.522. The Kier molecular flexibility index (Phi) is 3.47. The molecule has 0 bridgehead atoms. The van der Waals surface area contributed by atoms with Crippen molar-refractivity contribution in [2.45, 2.75) is 20.3 Å². The van der Waals surface area contributed by atoms with Crippen molar-refractivity contribution >= 4 is 17.2 Å². The van der Waals surface area contributed by atoms with Crippen LogP contribution in [-0.4, -0.2) is 12.1 Å². The number of hydrogen-bond donors (Lipinski definition) is 1. The Morgan fingerprint density at radius 2 is 1.86 bits per heavy atom. The molecule has 0 atom stereocenters. The van der Waals surface area contributed by atoms with Gasteiger partial charge >= 0.3 is 0 Å². The molecule has 1 rings (SSSR count). The van der Waals surface area contributed by atoms with Crippen molar-refractivity contribution in [2.75, 3.05) is 7.11 Å². The van der Waals surface area contributed by atoms with Crippen LogP contribution in [0.2, 0.25) is 0 Å². The van der Waals surface area contributed by atoms with Gasteiger partial charge < -0.3 is 10.5 Å². The molecule has 0 fully saturated rings. The van der Waals surface area contributed by atoms with E-state index in [-0.39, 0.29) is 0 Å². The predicted molar refractivity (Wildman–Crippen MR) is 63.0 cm³/mol. The van der Waals surface area contributed by atoms with Gasteiger partial charge in [-0.25, -0.2) is 0 Å². The average molecular weight is 209 g/mol. The first kappa shape index (κ1) is 11.0. The van der Waals surface area contributed by atoms with Crippen LogP contribution in [0, 0.1) is 13.8 Å². The standard InChI is InChI=1S/C11H15NOS/c1-7-4-9(6-10(12)14)5-8(2)11(7)13-3/h4-5H,6H2,1-3H3,(H2,12,14). The van der Waals surface area contributed by atoms with Crippen molar-refractivity contribution in [3.63, 3.8) is 0 Å². The number of nitrogens with two attached hydrogens (primary N) is 1. The molecule has 76 valence electrons. The normalized spacial score (nSPS) is 9.93. The Morgan fingerprint density at radius 3 is 2.21 bits per heavy atom. The van der Waals surface area contributed by atoms with Crippen LogP contribution in [0.3, 0.4) is 0 Å². The third-order valence-corrected chi connectivity index (χ3v) is 2.25. The molecule has 1 aromatic carbocycles. The van der Waals surface area contributed by atoms with Gasteiger partial charge in [-0.2, -0.15) is 0 Å². The van der Waals surface area contributed by atoms with Crippen LogP contribution in [0.25, 0.3) is 0 Å². The monoisotopic (exact) mass is 209 g/mol. The molecule has 0 spiro atoms. The van der Waals surface area contributed by atoms with Gasteiger partial charge in [0.1, 0.15) is 5.75 Å². The van der Waals surface area contributed by atoms with Crippen molar-refractivity contribution in [2.24, 2.45) is 5.73 Å². The van der Waals surface area contributed by atoms with Crippen molar-refractivity contribution in [1.29, 1.82) is 0 Å². The summed E-state index contributed by atoms with van der Waals surface area (Å²) in [6.45, 7) is 4.05. The van der Waals surface area contributed by atoms with Gasteiger partial charge in [0.15, 0.2) is 0 Å². The SMILES string of the molecule is COc1c(C)cc(CC(N)=S)cc1C. The van der Waals surface area contributed by atoms with Gasteiger partial charge in [-0.05, 0) is 30.5 Å². The summed E-state index contributed by atoms with van der Waals surface area (Å²) in [6.07, 6.45) is 0.654. The van der Waals surface area contributed by atoms with Crippen molar-refractivity contribution in [3.05, 3.63) is 28.8 Å². The molecule has 3 heteroatoms. The molecule has 2 N–H and O–H groups in total. The third-order valence-electron chi connectivity index (χ3n) is 2.10. The van der Waals surface area contributed by atoms with Crippen LogP contribution in [-0.2, 0) is 6.42 Å². The Morgan fingerprint density at radius 1 is 1.36 bits per heavy atom. The Balaban J connectivity index is 3.07. The van der Waals surface area contributed by atoms with Crippen LogP contribution < -0.4 is 10.5 Å². The quantitative estimate of drug-likeness (QED) is 0.775. The summed E-state index contributed by atoms with van der Waals surface area (Å²) in [5.74, 6) is 0.941. The molecule has 0 heterocycles. The average Bonchev–Trinajstić information content (AvgIpc) is 2.01. The van der Waals surface area contributed by atoms with Gasteiger partial charge in [0.25, 0.3) is 0 Å². The molecule has 0 saturated carbocycles. The minimum atomic E-state index is 0.522. The first-order valence-electron chi connectivity index (χ1n) is 4.47. The molecule has 1 aromatic rings. The fraction of sp³-hybridized carbons (Fsp3) is 0.364. The van der Waals surface area contributed by atoms with Gasteiger partial charge in [-0.15, -0.1) is 0 Å². The molecule has 0 unspecified atom stereocenters. The Labute approximate surface area is 90.1 Å². The summed E-state index contributed by atoms with van der Waals surface area (Å²) < 4.78 is 5.27. The van der Waals surface area contributed by atoms with Gasteiger partial charge in [0, 0.05) is 6.42 Å². The molecule has 0 aliphatic heterocycles. The molecular formula is C11H15NOS. The smallest absolute Gasteiger partial charge is 0.124 e. The van der Waals surface area contributed by atoms with Gasteiger partial charge in [0.05, 0.1) is 12.1 Å². The van der Waals surface area contributed by atoms with E-state index < -0.39 is 0 Å². The fourth-order valence-electron chi connectivity index (χ4n) is 1.67. The molecule has 0 radical (unpaired) electrons. The van der Waals surface area contributed by atoms with Crippen molar-refractivity contribution < 1.29 is 4.74 Å². The highest BCUT2D eigenvalue weighted by molar-refractivity contribution is 7.80. The number of thiocarbonyl (C=S) groups is 1. The van der Waals surface area contributed by atoms with E-state index in [9.17, 15) is 0 Å². The largest absolute Gasteiger partial charge is 0.496 e. The van der Waals surface area contributed by atoms with E-state index in [1.807, 2.05) is 13.8 Å². The van der Waals surface area contributed by atoms with Gasteiger partial charge in [0.2, 0.25) is 0 Å². The second-order valence-electron chi connectivity index (χ2n) is 3.41. The first-order valence-corrected chi connectivity index (χ1v) is 4.88. The highest BCUT2D eigenvalue weighted by atomic mass is 32.1. The van der Waals surface area contributed by atoms with E-state index in [0.29, 0.717) is 11.4 Å². The Hall–Kier alpha value is -1.09. The molecule has 14 heavy (non-hydrogen) atoms. The molecule has 0 aromatic heterocycles. The van der Waals surface area contributed by atoms with Crippen LogP contribution in [0.15, 0.2) is 12.1 Å². The fourth-order valence-corrected chi connectivity index (χ4v) is 1.83. The second-order valence-corrected chi connectivity index (χ2v) is 3.93. The van der Waals surface area contributed by atoms with Crippen LogP contribution >= 0.6 is 12.2 Å². The van der Waals surface area contributed by atoms with E-state index in [2.05, 4.69) is 12.1 Å². The van der Waals surface area contributed by atoms with Crippen molar-refractivity contribution in [1.82, 2.24) is 0 Å². The number of methoxy groups -OCH3 is 1. The lowest BCUT2D eigenvalue weighted by Crippen LogP contribution is -2.11. The van der Waals surface area contributed by atoms with E-state index in [1.54, 1.807) is 7.11 Å². The highest BCUT2D eigenvalue weighted by Crippen LogP contribution is 2.24. The number of ether oxygens (including phenoxy) is 1. The maximum absolute atomic E-state index is 5.50. The maximum atomic E-state index is 5.50. The topological polar surface area (TPSA) is 35.2 Å². The van der Waals surface area contributed by atoms with E-state index in [1.165, 1.54) is 0 Å². The first-order chi connectivity index (χ1) is 6.54. The Bertz CT molecular complexity index is 337. The van der Waals surface area contributed by atoms with E-state index in [0.717, 1.165) is 22.4 Å². The minimum Gasteiger partial charge on any atom is -0.496 e. The number of rotatable bonds is 3. The van der Waals surface area contributed by atoms with Gasteiger partial charge in [-0.3, -0.25) is 0 Å². The van der Waals surface area contributed by atoms with Crippen LogP contribution in [0.5, 0.6) is 5.75 Å². The highest BCUT2D eigenvalue weighted by Gasteiger charge is 2.05. The number of benzene rings is 1. The number of hydrogen-bond acceptors (Lipinski definition) is 2. The van der Waals surface area contributed by atoms with E-state index >= 15 is 0 Å². The van der Waals surface area contributed by atoms with Crippen molar-refractivity contribution in [3.8, 4) is 5.75 Å². The minimum absolute atomic E-state index is 0.522. The van der Waals surface area contributed by atoms with Gasteiger partial charge in [-0.1, -0.05) is 24.4 Å². The molecule has 0 aliphatic carbocycles. The summed E-state index contributed by atoms with van der Waals surface area (Å²) in [5, 5.41) is 0. The maximum Gasteiger partial charge on any atom is 0.124 e. The van der Waals surface area contributed by atoms with Crippen LogP contribution in [0.4, 0.5) is 0 Å². The number of aryl methyl sites for hydroxylation is 2. The summed E-state index contributed by atoms with van der Waals surface area (Å²) >= 11 is 4.87. The van der Waals surface area contributed by atoms with Crippen LogP contribution in [0.1, 0.15) is 16.7 Å².